The Kier molecular flexibility index (Phi) is 4.08. The van der Waals surface area contributed by atoms with Crippen molar-refractivity contribution in [2.24, 2.45) is 11.8 Å². The summed E-state index contributed by atoms with van der Waals surface area (Å²) in [6.07, 6.45) is 0. The van der Waals surface area contributed by atoms with Crippen molar-refractivity contribution in [3.63, 3.8) is 0 Å². The topological polar surface area (TPSA) is 15.3 Å². The predicted molar refractivity (Wildman–Crippen MR) is 73.6 cm³/mol. The maximum absolute atomic E-state index is 3.49. The van der Waals surface area contributed by atoms with Crippen LogP contribution < -0.4 is 5.32 Å². The third kappa shape index (κ3) is 2.82. The number of rotatable bonds is 2. The molecule has 0 amide bonds. The summed E-state index contributed by atoms with van der Waals surface area (Å²) in [7, 11) is 0. The van der Waals surface area contributed by atoms with E-state index in [0.717, 1.165) is 18.4 Å². The monoisotopic (exact) mass is 252 g/mol. The Hall–Kier alpha value is -0.570. The van der Waals surface area contributed by atoms with Gasteiger partial charge in [-0.15, -0.1) is 12.4 Å². The molecule has 2 heterocycles. The lowest BCUT2D eigenvalue weighted by Gasteiger charge is -2.17. The number of hydrogen-bond donors (Lipinski definition) is 1. The lowest BCUT2D eigenvalue weighted by atomic mass is 10.0. The number of likely N-dealkylation sites (tertiary alicyclic amines) is 1. The van der Waals surface area contributed by atoms with Gasteiger partial charge in [0.2, 0.25) is 0 Å². The van der Waals surface area contributed by atoms with Crippen molar-refractivity contribution in [1.82, 2.24) is 10.2 Å². The predicted octanol–water partition coefficient (Wildman–Crippen LogP) is 2.07. The molecule has 0 saturated carbocycles. The lowest BCUT2D eigenvalue weighted by Crippen LogP contribution is -2.25. The summed E-state index contributed by atoms with van der Waals surface area (Å²) in [4.78, 5) is 2.62. The molecular formula is C14H21ClN2. The standard InChI is InChI=1S/C14H20N2.ClH/c1-11-3-2-4-12(5-11)8-16-9-13-6-15-7-14(13)10-16;/h2-5,13-15H,6-10H2,1H3;1H/t13-,14+;. The Morgan fingerprint density at radius 1 is 1.24 bits per heavy atom. The zero-order chi connectivity index (χ0) is 11.0. The number of nitrogens with zero attached hydrogens (tertiary/aromatic N) is 1. The van der Waals surface area contributed by atoms with E-state index in [2.05, 4.69) is 41.4 Å². The second kappa shape index (κ2) is 5.38. The van der Waals surface area contributed by atoms with E-state index in [1.165, 1.54) is 37.3 Å². The normalized spacial score (nSPS) is 27.8. The van der Waals surface area contributed by atoms with Gasteiger partial charge in [-0.25, -0.2) is 0 Å². The summed E-state index contributed by atoms with van der Waals surface area (Å²) in [6, 6.07) is 8.90. The number of aryl methyl sites for hydroxylation is 1. The summed E-state index contributed by atoms with van der Waals surface area (Å²) in [6.45, 7) is 8.34. The summed E-state index contributed by atoms with van der Waals surface area (Å²) in [5.41, 5.74) is 2.84. The first-order chi connectivity index (χ1) is 7.81. The molecule has 0 aliphatic carbocycles. The highest BCUT2D eigenvalue weighted by Crippen LogP contribution is 2.27. The quantitative estimate of drug-likeness (QED) is 0.867. The molecule has 0 bridgehead atoms. The highest BCUT2D eigenvalue weighted by atomic mass is 35.5. The molecule has 0 radical (unpaired) electrons. The molecule has 2 atom stereocenters. The van der Waals surface area contributed by atoms with Gasteiger partial charge >= 0.3 is 0 Å². The van der Waals surface area contributed by atoms with Gasteiger partial charge in [-0.1, -0.05) is 29.8 Å². The van der Waals surface area contributed by atoms with Gasteiger partial charge in [0.05, 0.1) is 0 Å². The minimum Gasteiger partial charge on any atom is -0.316 e. The van der Waals surface area contributed by atoms with Gasteiger partial charge in [-0.2, -0.15) is 0 Å². The maximum atomic E-state index is 3.49. The van der Waals surface area contributed by atoms with E-state index in [4.69, 9.17) is 0 Å². The number of hydrogen-bond acceptors (Lipinski definition) is 2. The van der Waals surface area contributed by atoms with Gasteiger partial charge in [0.1, 0.15) is 0 Å². The highest BCUT2D eigenvalue weighted by Gasteiger charge is 2.35. The fraction of sp³-hybridized carbons (Fsp3) is 0.571. The highest BCUT2D eigenvalue weighted by molar-refractivity contribution is 5.85. The molecule has 0 unspecified atom stereocenters. The van der Waals surface area contributed by atoms with E-state index in [9.17, 15) is 0 Å². The van der Waals surface area contributed by atoms with Crippen LogP contribution in [0.25, 0.3) is 0 Å². The zero-order valence-corrected chi connectivity index (χ0v) is 11.2. The SMILES string of the molecule is Cc1cccc(CN2C[C@H]3CNC[C@H]3C2)c1.Cl. The van der Waals surface area contributed by atoms with E-state index in [1.807, 2.05) is 0 Å². The van der Waals surface area contributed by atoms with Crippen molar-refractivity contribution in [3.8, 4) is 0 Å². The molecule has 0 aromatic heterocycles. The van der Waals surface area contributed by atoms with Crippen molar-refractivity contribution in [2.75, 3.05) is 26.2 Å². The number of nitrogens with one attached hydrogen (secondary N) is 1. The maximum Gasteiger partial charge on any atom is 0.0234 e. The summed E-state index contributed by atoms with van der Waals surface area (Å²) >= 11 is 0. The van der Waals surface area contributed by atoms with Gasteiger partial charge in [0.25, 0.3) is 0 Å². The molecule has 17 heavy (non-hydrogen) atoms. The third-order valence-electron chi connectivity index (χ3n) is 3.95. The van der Waals surface area contributed by atoms with Crippen molar-refractivity contribution in [2.45, 2.75) is 13.5 Å². The van der Waals surface area contributed by atoms with Gasteiger partial charge in [0.15, 0.2) is 0 Å². The molecule has 3 heteroatoms. The average Bonchev–Trinajstić information content (AvgIpc) is 2.77. The zero-order valence-electron chi connectivity index (χ0n) is 10.4. The minimum absolute atomic E-state index is 0. The lowest BCUT2D eigenvalue weighted by molar-refractivity contribution is 0.305. The van der Waals surface area contributed by atoms with E-state index < -0.39 is 0 Å². The second-order valence-corrected chi connectivity index (χ2v) is 5.36. The molecule has 1 aromatic carbocycles. The Morgan fingerprint density at radius 3 is 2.59 bits per heavy atom. The molecule has 2 fully saturated rings. The van der Waals surface area contributed by atoms with Crippen LogP contribution in [0.2, 0.25) is 0 Å². The van der Waals surface area contributed by atoms with Gasteiger partial charge in [0, 0.05) is 19.6 Å². The third-order valence-corrected chi connectivity index (χ3v) is 3.95. The van der Waals surface area contributed by atoms with Crippen LogP contribution in [0, 0.1) is 18.8 Å². The van der Waals surface area contributed by atoms with Crippen LogP contribution in [0.5, 0.6) is 0 Å². The average molecular weight is 253 g/mol. The van der Waals surface area contributed by atoms with Gasteiger partial charge < -0.3 is 5.32 Å². The molecule has 94 valence electrons. The van der Waals surface area contributed by atoms with Crippen LogP contribution in [-0.2, 0) is 6.54 Å². The first-order valence-corrected chi connectivity index (χ1v) is 6.30. The number of halogens is 1. The van der Waals surface area contributed by atoms with Crippen molar-refractivity contribution < 1.29 is 0 Å². The van der Waals surface area contributed by atoms with Gasteiger partial charge in [-0.3, -0.25) is 4.90 Å². The number of fused-ring (bicyclic) bond motifs is 1. The van der Waals surface area contributed by atoms with E-state index >= 15 is 0 Å². The molecule has 1 N–H and O–H groups in total. The molecule has 1 aromatic rings. The molecule has 0 spiro atoms. The van der Waals surface area contributed by atoms with E-state index in [1.54, 1.807) is 0 Å². The van der Waals surface area contributed by atoms with E-state index in [-0.39, 0.29) is 12.4 Å². The number of benzene rings is 1. The summed E-state index contributed by atoms with van der Waals surface area (Å²) < 4.78 is 0. The molecule has 2 saturated heterocycles. The Labute approximate surface area is 110 Å². The van der Waals surface area contributed by atoms with E-state index in [0.29, 0.717) is 0 Å². The first kappa shape index (κ1) is 12.9. The molecular weight excluding hydrogens is 232 g/mol. The Balaban J connectivity index is 0.00000108. The fourth-order valence-corrected chi connectivity index (χ4v) is 3.15. The van der Waals surface area contributed by atoms with Gasteiger partial charge in [-0.05, 0) is 37.4 Å². The Morgan fingerprint density at radius 2 is 1.94 bits per heavy atom. The Bertz CT molecular complexity index is 368. The van der Waals surface area contributed by atoms with Crippen molar-refractivity contribution >= 4 is 12.4 Å². The molecule has 2 aliphatic heterocycles. The first-order valence-electron chi connectivity index (χ1n) is 6.30. The molecule has 3 rings (SSSR count). The van der Waals surface area contributed by atoms with Crippen LogP contribution >= 0.6 is 12.4 Å². The van der Waals surface area contributed by atoms with Crippen molar-refractivity contribution in [1.29, 1.82) is 0 Å². The molecule has 2 aliphatic rings. The second-order valence-electron chi connectivity index (χ2n) is 5.36. The smallest absolute Gasteiger partial charge is 0.0234 e. The van der Waals surface area contributed by atoms with Crippen LogP contribution in [0.15, 0.2) is 24.3 Å². The van der Waals surface area contributed by atoms with Crippen LogP contribution in [0.3, 0.4) is 0 Å². The van der Waals surface area contributed by atoms with Crippen LogP contribution in [0.1, 0.15) is 11.1 Å². The fourth-order valence-electron chi connectivity index (χ4n) is 3.15. The largest absolute Gasteiger partial charge is 0.316 e. The van der Waals surface area contributed by atoms with Crippen molar-refractivity contribution in [3.05, 3.63) is 35.4 Å². The van der Waals surface area contributed by atoms with Crippen LogP contribution in [0.4, 0.5) is 0 Å². The van der Waals surface area contributed by atoms with Crippen LogP contribution in [-0.4, -0.2) is 31.1 Å². The molecule has 2 nitrogen and oxygen atoms in total. The summed E-state index contributed by atoms with van der Waals surface area (Å²) in [5.74, 6) is 1.81. The summed E-state index contributed by atoms with van der Waals surface area (Å²) in [5, 5.41) is 3.49. The minimum atomic E-state index is 0.